The minimum absolute atomic E-state index is 0.0780. The Balaban J connectivity index is 1.23. The summed E-state index contributed by atoms with van der Waals surface area (Å²) >= 11 is 6.58. The minimum atomic E-state index is -4.54. The summed E-state index contributed by atoms with van der Waals surface area (Å²) in [5.41, 5.74) is -0.332. The number of anilines is 1. The molecule has 1 saturated heterocycles. The molecule has 0 unspecified atom stereocenters. The van der Waals surface area contributed by atoms with Gasteiger partial charge in [-0.15, -0.1) is 0 Å². The second kappa shape index (κ2) is 10.7. The lowest BCUT2D eigenvalue weighted by Gasteiger charge is -2.14. The van der Waals surface area contributed by atoms with Gasteiger partial charge in [0.05, 0.1) is 16.2 Å². The predicted molar refractivity (Wildman–Crippen MR) is 131 cm³/mol. The number of ether oxygens (including phenoxy) is 2. The molecule has 184 valence electrons. The number of thioether (sulfide) groups is 1. The van der Waals surface area contributed by atoms with Gasteiger partial charge in [0.15, 0.2) is 11.5 Å². The Bertz CT molecular complexity index is 1180. The van der Waals surface area contributed by atoms with E-state index in [1.54, 1.807) is 18.2 Å². The van der Waals surface area contributed by atoms with Crippen molar-refractivity contribution in [1.82, 2.24) is 4.90 Å². The van der Waals surface area contributed by atoms with Crippen LogP contribution in [-0.4, -0.2) is 34.4 Å². The van der Waals surface area contributed by atoms with Crippen molar-refractivity contribution in [2.24, 2.45) is 0 Å². The molecule has 35 heavy (non-hydrogen) atoms. The van der Waals surface area contributed by atoms with Gasteiger partial charge in [0.1, 0.15) is 4.32 Å². The summed E-state index contributed by atoms with van der Waals surface area (Å²) in [7, 11) is 0. The third kappa shape index (κ3) is 6.15. The Morgan fingerprint density at radius 1 is 1.11 bits per heavy atom. The number of para-hydroxylation sites is 1. The molecule has 2 aliphatic heterocycles. The van der Waals surface area contributed by atoms with Crippen LogP contribution in [0.1, 0.15) is 36.8 Å². The van der Waals surface area contributed by atoms with Gasteiger partial charge in [0.2, 0.25) is 12.7 Å². The molecule has 1 fully saturated rings. The zero-order valence-electron chi connectivity index (χ0n) is 18.4. The van der Waals surface area contributed by atoms with Crippen molar-refractivity contribution in [3.05, 3.63) is 58.5 Å². The maximum atomic E-state index is 13.1. The van der Waals surface area contributed by atoms with E-state index in [2.05, 4.69) is 5.32 Å². The Morgan fingerprint density at radius 2 is 1.89 bits per heavy atom. The van der Waals surface area contributed by atoms with Crippen LogP contribution in [0.5, 0.6) is 11.5 Å². The first-order valence-electron chi connectivity index (χ1n) is 10.8. The first kappa shape index (κ1) is 25.1. The van der Waals surface area contributed by atoms with Gasteiger partial charge >= 0.3 is 6.18 Å². The number of carbonyl (C=O) groups is 2. The number of hydrogen-bond donors (Lipinski definition) is 1. The number of thiocarbonyl (C=S) groups is 1. The molecule has 0 bridgehead atoms. The molecule has 11 heteroatoms. The van der Waals surface area contributed by atoms with Crippen LogP contribution in [0.25, 0.3) is 6.08 Å². The van der Waals surface area contributed by atoms with Gasteiger partial charge in [-0.1, -0.05) is 48.6 Å². The third-order valence-corrected chi connectivity index (χ3v) is 6.74. The van der Waals surface area contributed by atoms with Crippen molar-refractivity contribution in [3.8, 4) is 11.5 Å². The topological polar surface area (TPSA) is 67.9 Å². The molecule has 2 aliphatic rings. The zero-order valence-corrected chi connectivity index (χ0v) is 20.0. The van der Waals surface area contributed by atoms with Gasteiger partial charge in [-0.3, -0.25) is 14.5 Å². The number of alkyl halides is 3. The molecule has 0 atom stereocenters. The number of carbonyl (C=O) groups excluding carboxylic acids is 2. The second-order valence-corrected chi connectivity index (χ2v) is 9.52. The minimum Gasteiger partial charge on any atom is -0.454 e. The number of nitrogens with one attached hydrogen (secondary N) is 1. The molecule has 0 radical (unpaired) electrons. The Morgan fingerprint density at radius 3 is 2.69 bits per heavy atom. The molecular formula is C24H21F3N2O4S2. The summed E-state index contributed by atoms with van der Waals surface area (Å²) in [5, 5.41) is 2.34. The van der Waals surface area contributed by atoms with E-state index in [-0.39, 0.29) is 24.8 Å². The van der Waals surface area contributed by atoms with Gasteiger partial charge in [-0.05, 0) is 48.7 Å². The Hall–Kier alpha value is -3.05. The van der Waals surface area contributed by atoms with Crippen LogP contribution < -0.4 is 14.8 Å². The zero-order chi connectivity index (χ0) is 25.0. The molecule has 2 heterocycles. The van der Waals surface area contributed by atoms with Crippen LogP contribution >= 0.6 is 24.0 Å². The van der Waals surface area contributed by atoms with Crippen LogP contribution in [0.3, 0.4) is 0 Å². The van der Waals surface area contributed by atoms with Crippen molar-refractivity contribution < 1.29 is 32.2 Å². The summed E-state index contributed by atoms with van der Waals surface area (Å²) in [5.74, 6) is 0.617. The van der Waals surface area contributed by atoms with Crippen LogP contribution in [0.4, 0.5) is 18.9 Å². The van der Waals surface area contributed by atoms with Crippen molar-refractivity contribution >= 4 is 51.9 Å². The molecule has 1 N–H and O–H groups in total. The second-order valence-electron chi connectivity index (χ2n) is 7.85. The SMILES string of the molecule is O=C(CCCCCN1C(=O)/C(=C/c2ccc3c(c2)OCO3)SC1=S)Nc1ccccc1C(F)(F)F. The fourth-order valence-electron chi connectivity index (χ4n) is 3.63. The molecule has 0 spiro atoms. The molecule has 2 amide bonds. The largest absolute Gasteiger partial charge is 0.454 e. The van der Waals surface area contributed by atoms with Crippen LogP contribution in [-0.2, 0) is 15.8 Å². The molecular weight excluding hydrogens is 501 g/mol. The molecule has 4 rings (SSSR count). The highest BCUT2D eigenvalue weighted by Crippen LogP contribution is 2.37. The van der Waals surface area contributed by atoms with Gasteiger partial charge in [0, 0.05) is 13.0 Å². The van der Waals surface area contributed by atoms with E-state index >= 15 is 0 Å². The number of rotatable bonds is 8. The van der Waals surface area contributed by atoms with E-state index < -0.39 is 17.6 Å². The van der Waals surface area contributed by atoms with Crippen LogP contribution in [0.2, 0.25) is 0 Å². The van der Waals surface area contributed by atoms with Gasteiger partial charge in [0.25, 0.3) is 5.91 Å². The van der Waals surface area contributed by atoms with E-state index in [1.165, 1.54) is 34.9 Å². The van der Waals surface area contributed by atoms with Crippen LogP contribution in [0, 0.1) is 0 Å². The molecule has 0 aromatic heterocycles. The average Bonchev–Trinajstić information content (AvgIpc) is 3.37. The van der Waals surface area contributed by atoms with E-state index in [0.717, 1.165) is 11.6 Å². The number of hydrogen-bond acceptors (Lipinski definition) is 6. The van der Waals surface area contributed by atoms with Crippen LogP contribution in [0.15, 0.2) is 47.4 Å². The van der Waals surface area contributed by atoms with E-state index in [9.17, 15) is 22.8 Å². The quantitative estimate of drug-likeness (QED) is 0.267. The first-order chi connectivity index (χ1) is 16.7. The first-order valence-corrected chi connectivity index (χ1v) is 12.1. The smallest absolute Gasteiger partial charge is 0.418 e. The van der Waals surface area contributed by atoms with Crippen molar-refractivity contribution in [2.75, 3.05) is 18.7 Å². The fraction of sp³-hybridized carbons (Fsp3) is 0.292. The molecule has 6 nitrogen and oxygen atoms in total. The number of benzene rings is 2. The standard InChI is InChI=1S/C24H21F3N2O4S2/c25-24(26,27)16-6-3-4-7-17(16)28-21(30)8-2-1-5-11-29-22(31)20(35-23(29)34)13-15-9-10-18-19(12-15)33-14-32-18/h3-4,6-7,9-10,12-13H,1-2,5,8,11,14H2,(H,28,30)/b20-13-. The Labute approximate surface area is 209 Å². The van der Waals surface area contributed by atoms with Gasteiger partial charge < -0.3 is 14.8 Å². The molecule has 2 aromatic rings. The highest BCUT2D eigenvalue weighted by Gasteiger charge is 2.34. The maximum Gasteiger partial charge on any atom is 0.418 e. The average molecular weight is 523 g/mol. The normalized spacial score (nSPS) is 16.3. The van der Waals surface area contributed by atoms with Gasteiger partial charge in [-0.2, -0.15) is 13.2 Å². The fourth-order valence-corrected chi connectivity index (χ4v) is 4.94. The molecule has 2 aromatic carbocycles. The summed E-state index contributed by atoms with van der Waals surface area (Å²) in [6.45, 7) is 0.574. The number of amides is 2. The number of halogens is 3. The van der Waals surface area contributed by atoms with Crippen molar-refractivity contribution in [2.45, 2.75) is 31.9 Å². The Kier molecular flexibility index (Phi) is 7.66. The summed E-state index contributed by atoms with van der Waals surface area (Å²) in [6.07, 6.45) is -1.01. The summed E-state index contributed by atoms with van der Waals surface area (Å²) in [4.78, 5) is 26.9. The van der Waals surface area contributed by atoms with Gasteiger partial charge in [-0.25, -0.2) is 0 Å². The summed E-state index contributed by atoms with van der Waals surface area (Å²) < 4.78 is 50.3. The lowest BCUT2D eigenvalue weighted by Crippen LogP contribution is -2.29. The maximum absolute atomic E-state index is 13.1. The molecule has 0 aliphatic carbocycles. The van der Waals surface area contributed by atoms with E-state index in [4.69, 9.17) is 21.7 Å². The van der Waals surface area contributed by atoms with Crippen molar-refractivity contribution in [3.63, 3.8) is 0 Å². The lowest BCUT2D eigenvalue weighted by molar-refractivity contribution is -0.137. The number of fused-ring (bicyclic) bond motifs is 1. The number of unbranched alkanes of at least 4 members (excludes halogenated alkanes) is 2. The lowest BCUT2D eigenvalue weighted by atomic mass is 10.1. The third-order valence-electron chi connectivity index (χ3n) is 5.36. The predicted octanol–water partition coefficient (Wildman–Crippen LogP) is 5.83. The number of nitrogens with zero attached hydrogens (tertiary/aromatic N) is 1. The summed E-state index contributed by atoms with van der Waals surface area (Å²) in [6, 6.07) is 10.3. The molecule has 0 saturated carbocycles. The highest BCUT2D eigenvalue weighted by molar-refractivity contribution is 8.26. The van der Waals surface area contributed by atoms with Crippen molar-refractivity contribution in [1.29, 1.82) is 0 Å². The van der Waals surface area contributed by atoms with E-state index in [0.29, 0.717) is 46.5 Å². The highest BCUT2D eigenvalue weighted by atomic mass is 32.2. The monoisotopic (exact) mass is 522 g/mol. The van der Waals surface area contributed by atoms with E-state index in [1.807, 2.05) is 6.07 Å².